The van der Waals surface area contributed by atoms with Gasteiger partial charge in [-0.15, -0.1) is 0 Å². The van der Waals surface area contributed by atoms with E-state index in [0.29, 0.717) is 23.2 Å². The van der Waals surface area contributed by atoms with E-state index in [2.05, 4.69) is 171 Å². The van der Waals surface area contributed by atoms with E-state index in [1.54, 1.807) is 6.08 Å². The number of hydrogen-bond donors (Lipinski definition) is 1. The molecule has 2 atom stereocenters. The Hall–Kier alpha value is -7.92. The average molecular weight is 919 g/mol. The lowest BCUT2D eigenvalue weighted by Crippen LogP contribution is -2.16. The monoisotopic (exact) mass is 918 g/mol. The van der Waals surface area contributed by atoms with E-state index < -0.39 is 17.7 Å². The number of nitriles is 1. The molecule has 1 saturated carbocycles. The van der Waals surface area contributed by atoms with Crippen LogP contribution in [0.15, 0.2) is 163 Å². The molecule has 2 N–H and O–H groups in total. The minimum Gasteiger partial charge on any atom is -0.326 e. The van der Waals surface area contributed by atoms with Crippen molar-refractivity contribution in [2.45, 2.75) is 53.8 Å². The molecule has 0 radical (unpaired) electrons. The third-order valence-electron chi connectivity index (χ3n) is 14.9. The summed E-state index contributed by atoms with van der Waals surface area (Å²) in [5.74, 6) is -0.917. The summed E-state index contributed by atoms with van der Waals surface area (Å²) in [6.07, 6.45) is -1.07. The first-order valence-corrected chi connectivity index (χ1v) is 24.0. The lowest BCUT2D eigenvalue weighted by Gasteiger charge is -2.29. The number of aromatic nitrogens is 2. The quantitative estimate of drug-likeness (QED) is 0.173. The fourth-order valence-electron chi connectivity index (χ4n) is 11.6. The van der Waals surface area contributed by atoms with Gasteiger partial charge in [0.1, 0.15) is 6.07 Å². The van der Waals surface area contributed by atoms with Crippen LogP contribution < -0.4 is 5.73 Å². The van der Waals surface area contributed by atoms with Crippen LogP contribution >= 0.6 is 0 Å². The van der Waals surface area contributed by atoms with E-state index >= 15 is 0 Å². The van der Waals surface area contributed by atoms with Crippen LogP contribution in [0.25, 0.3) is 93.9 Å². The Morgan fingerprint density at radius 2 is 0.971 bits per heavy atom. The smallest absolute Gasteiger partial charge is 0.326 e. The standard InChI is InChI=1S/C63H49F3N4/c1-35-14-20-40(21-15-35)41-10-6-8-12-44(41)60-61(69-55-24-16-36(2)28-48(55)49-29-37(3)17-25-56(49)69)52(33-67)59(45-13-9-7-11-42(45)43-22-23-54(63(64,65)66)47-32-46(43)47)53(34-68)62(60)70-57-26-18-38(4)30-50(57)51-31-39(5)19-27-58(51)70/h6-31,46-47H,32-33,67H2,1-5H3. The highest BCUT2D eigenvalue weighted by atomic mass is 19.4. The van der Waals surface area contributed by atoms with E-state index in [4.69, 9.17) is 5.73 Å². The number of aryl methyl sites for hydroxylation is 5. The third-order valence-corrected chi connectivity index (χ3v) is 14.9. The molecule has 10 aromatic rings. The fourth-order valence-corrected chi connectivity index (χ4v) is 11.6. The zero-order chi connectivity index (χ0) is 48.3. The van der Waals surface area contributed by atoms with Crippen LogP contribution in [-0.4, -0.2) is 15.3 Å². The average Bonchev–Trinajstić information content (AvgIpc) is 4.02. The molecule has 2 heterocycles. The van der Waals surface area contributed by atoms with Crippen LogP contribution in [0.4, 0.5) is 13.2 Å². The third kappa shape index (κ3) is 6.69. The molecular formula is C63H49F3N4. The fraction of sp³-hybridized carbons (Fsp3) is 0.159. The first kappa shape index (κ1) is 43.4. The molecule has 342 valence electrons. The molecule has 1 fully saturated rings. The van der Waals surface area contributed by atoms with Gasteiger partial charge in [0, 0.05) is 44.8 Å². The van der Waals surface area contributed by atoms with Crippen LogP contribution in [-0.2, 0) is 6.54 Å². The van der Waals surface area contributed by atoms with Gasteiger partial charge in [-0.1, -0.05) is 137 Å². The second-order valence-electron chi connectivity index (χ2n) is 19.5. The maximum absolute atomic E-state index is 14.4. The van der Waals surface area contributed by atoms with E-state index in [9.17, 15) is 18.4 Å². The van der Waals surface area contributed by atoms with Crippen molar-refractivity contribution >= 4 is 49.2 Å². The predicted octanol–water partition coefficient (Wildman–Crippen LogP) is 16.3. The molecule has 0 spiro atoms. The molecule has 4 nitrogen and oxygen atoms in total. The number of allylic oxidation sites excluding steroid dienone is 4. The summed E-state index contributed by atoms with van der Waals surface area (Å²) in [6.45, 7) is 10.6. The van der Waals surface area contributed by atoms with Gasteiger partial charge in [-0.25, -0.2) is 0 Å². The minimum absolute atomic E-state index is 0.0430. The van der Waals surface area contributed by atoms with Crippen LogP contribution in [0.5, 0.6) is 0 Å². The van der Waals surface area contributed by atoms with Crippen molar-refractivity contribution in [3.8, 4) is 50.8 Å². The maximum Gasteiger partial charge on any atom is 0.412 e. The Morgan fingerprint density at radius 1 is 0.529 bits per heavy atom. The second-order valence-corrected chi connectivity index (χ2v) is 19.5. The Kier molecular flexibility index (Phi) is 9.96. The normalized spacial score (nSPS) is 15.7. The van der Waals surface area contributed by atoms with E-state index in [-0.39, 0.29) is 12.5 Å². The van der Waals surface area contributed by atoms with Gasteiger partial charge >= 0.3 is 6.18 Å². The Bertz CT molecular complexity index is 3840. The molecule has 70 heavy (non-hydrogen) atoms. The first-order valence-electron chi connectivity index (χ1n) is 24.0. The van der Waals surface area contributed by atoms with E-state index in [1.807, 2.05) is 24.3 Å². The largest absolute Gasteiger partial charge is 0.412 e. The molecule has 2 unspecified atom stereocenters. The van der Waals surface area contributed by atoms with Gasteiger partial charge < -0.3 is 14.9 Å². The van der Waals surface area contributed by atoms with Crippen LogP contribution in [0.1, 0.15) is 50.9 Å². The lowest BCUT2D eigenvalue weighted by atomic mass is 9.81. The number of alkyl halides is 3. The molecular weight excluding hydrogens is 870 g/mol. The van der Waals surface area contributed by atoms with Crippen molar-refractivity contribution < 1.29 is 13.2 Å². The molecule has 8 aromatic carbocycles. The van der Waals surface area contributed by atoms with Gasteiger partial charge in [-0.2, -0.15) is 18.4 Å². The second kappa shape index (κ2) is 16.1. The highest BCUT2D eigenvalue weighted by Crippen LogP contribution is 2.59. The summed E-state index contributed by atoms with van der Waals surface area (Å²) in [4.78, 5) is 0. The molecule has 0 amide bonds. The molecule has 2 aliphatic rings. The summed E-state index contributed by atoms with van der Waals surface area (Å²) >= 11 is 0. The predicted molar refractivity (Wildman–Crippen MR) is 281 cm³/mol. The summed E-state index contributed by atoms with van der Waals surface area (Å²) in [7, 11) is 0. The summed E-state index contributed by atoms with van der Waals surface area (Å²) < 4.78 is 47.7. The van der Waals surface area contributed by atoms with Crippen molar-refractivity contribution in [1.82, 2.24) is 9.13 Å². The molecule has 2 aliphatic carbocycles. The van der Waals surface area contributed by atoms with Crippen molar-refractivity contribution in [2.75, 3.05) is 0 Å². The van der Waals surface area contributed by atoms with Gasteiger partial charge in [0.15, 0.2) is 0 Å². The maximum atomic E-state index is 14.4. The SMILES string of the molecule is Cc1ccc(-c2ccccc2-c2c(-n3c4ccc(C)cc4c4cc(C)ccc43)c(C#N)c(-c3ccccc3C3=CC=C(C(F)(F)F)C4CC34)c(CN)c2-n2c3ccc(C)cc3c3cc(C)ccc32)cc1. The highest BCUT2D eigenvalue weighted by Gasteiger charge is 2.53. The summed E-state index contributed by atoms with van der Waals surface area (Å²) in [5.41, 5.74) is 25.8. The van der Waals surface area contributed by atoms with Crippen LogP contribution in [0.3, 0.4) is 0 Å². The van der Waals surface area contributed by atoms with Gasteiger partial charge in [0.25, 0.3) is 0 Å². The number of nitrogens with two attached hydrogens (primary N) is 1. The Morgan fingerprint density at radius 3 is 1.44 bits per heavy atom. The molecule has 0 saturated heterocycles. The number of rotatable bonds is 7. The molecule has 0 bridgehead atoms. The molecule has 12 rings (SSSR count). The van der Waals surface area contributed by atoms with Gasteiger partial charge in [-0.05, 0) is 140 Å². The van der Waals surface area contributed by atoms with Gasteiger partial charge in [0.2, 0.25) is 0 Å². The lowest BCUT2D eigenvalue weighted by molar-refractivity contribution is -0.0958. The summed E-state index contributed by atoms with van der Waals surface area (Å²) in [5, 5.41) is 16.6. The summed E-state index contributed by atoms with van der Waals surface area (Å²) in [6, 6.07) is 54.0. The molecule has 0 aliphatic heterocycles. The van der Waals surface area contributed by atoms with Crippen molar-refractivity contribution in [3.05, 3.63) is 208 Å². The molecule has 7 heteroatoms. The number of fused-ring (bicyclic) bond motifs is 7. The van der Waals surface area contributed by atoms with E-state index in [0.717, 1.165) is 122 Å². The first-order chi connectivity index (χ1) is 33.8. The number of hydrogen-bond acceptors (Lipinski definition) is 2. The van der Waals surface area contributed by atoms with Gasteiger partial charge in [-0.3, -0.25) is 0 Å². The number of benzene rings is 8. The zero-order valence-electron chi connectivity index (χ0n) is 39.6. The Labute approximate surface area is 405 Å². The zero-order valence-corrected chi connectivity index (χ0v) is 39.6. The van der Waals surface area contributed by atoms with Crippen molar-refractivity contribution in [2.24, 2.45) is 17.6 Å². The topological polar surface area (TPSA) is 59.7 Å². The van der Waals surface area contributed by atoms with Gasteiger partial charge in [0.05, 0.1) is 39.0 Å². The molecule has 2 aromatic heterocycles. The van der Waals surface area contributed by atoms with Crippen molar-refractivity contribution in [1.29, 1.82) is 5.26 Å². The van der Waals surface area contributed by atoms with Crippen LogP contribution in [0.2, 0.25) is 0 Å². The highest BCUT2D eigenvalue weighted by molar-refractivity contribution is 6.14. The van der Waals surface area contributed by atoms with E-state index in [1.165, 1.54) is 6.08 Å². The number of nitrogens with zero attached hydrogens (tertiary/aromatic N) is 3. The number of halogens is 3. The Balaban J connectivity index is 1.35. The van der Waals surface area contributed by atoms with Crippen LogP contribution in [0, 0.1) is 57.8 Å². The van der Waals surface area contributed by atoms with Crippen molar-refractivity contribution in [3.63, 3.8) is 0 Å². The minimum atomic E-state index is -4.41.